The summed E-state index contributed by atoms with van der Waals surface area (Å²) in [6, 6.07) is 11.5. The number of likely N-dealkylation sites (tertiary alicyclic amines) is 2. The molecule has 1 saturated carbocycles. The molecule has 0 spiro atoms. The number of aryl methyl sites for hydroxylation is 2. The Labute approximate surface area is 223 Å². The third-order valence-electron chi connectivity index (χ3n) is 8.68. The molecule has 2 N–H and O–H groups in total. The first-order valence-electron chi connectivity index (χ1n) is 13.8. The molecule has 2 aromatic rings. The minimum atomic E-state index is -0.217. The lowest BCUT2D eigenvalue weighted by Crippen LogP contribution is -2.41. The van der Waals surface area contributed by atoms with Gasteiger partial charge in [0, 0.05) is 63.2 Å². The number of pyridine rings is 1. The Kier molecular flexibility index (Phi) is 7.52. The topological polar surface area (TPSA) is 103 Å². The number of ketones is 1. The van der Waals surface area contributed by atoms with E-state index in [1.54, 1.807) is 6.92 Å². The van der Waals surface area contributed by atoms with Crippen LogP contribution in [-0.4, -0.2) is 65.1 Å². The molecule has 202 valence electrons. The van der Waals surface area contributed by atoms with Crippen LogP contribution >= 0.6 is 0 Å². The van der Waals surface area contributed by atoms with Crippen molar-refractivity contribution in [2.45, 2.75) is 46.1 Å². The van der Waals surface area contributed by atoms with Crippen LogP contribution in [-0.2, 0) is 9.59 Å². The number of hydrogen-bond acceptors (Lipinski definition) is 5. The van der Waals surface area contributed by atoms with Crippen LogP contribution in [0.1, 0.15) is 59.4 Å². The standard InChI is InChI=1S/C30H38N4O4/c1-18-11-26(36)31-20(3)27(18)30(38)34-16-23-14-33(15-24(23)17-34)13-19(2)28(21-7-5-4-6-8-21)32-29(37)22-9-10-25(35)12-22/h4-8,11,19,22-24,28H,9-10,12-17H2,1-3H3,(H,31,36)(H,32,37)/t19?,22?,23-,24?,28?/m0/s1. The summed E-state index contributed by atoms with van der Waals surface area (Å²) in [4.78, 5) is 57.0. The Bertz CT molecular complexity index is 1230. The maximum absolute atomic E-state index is 13.3. The van der Waals surface area contributed by atoms with Crippen molar-refractivity contribution in [2.75, 3.05) is 32.7 Å². The van der Waals surface area contributed by atoms with Gasteiger partial charge in [-0.2, -0.15) is 0 Å². The lowest BCUT2D eigenvalue weighted by atomic mass is 9.93. The molecule has 4 unspecified atom stereocenters. The van der Waals surface area contributed by atoms with Crippen molar-refractivity contribution >= 4 is 17.6 Å². The van der Waals surface area contributed by atoms with Gasteiger partial charge >= 0.3 is 0 Å². The minimum Gasteiger partial charge on any atom is -0.349 e. The van der Waals surface area contributed by atoms with Crippen molar-refractivity contribution in [2.24, 2.45) is 23.7 Å². The summed E-state index contributed by atoms with van der Waals surface area (Å²) < 4.78 is 0. The zero-order chi connectivity index (χ0) is 27.0. The zero-order valence-electron chi connectivity index (χ0n) is 22.5. The van der Waals surface area contributed by atoms with E-state index in [1.807, 2.05) is 30.0 Å². The molecular formula is C30H38N4O4. The molecule has 38 heavy (non-hydrogen) atoms. The number of nitrogens with one attached hydrogen (secondary N) is 2. The maximum atomic E-state index is 13.3. The van der Waals surface area contributed by atoms with Gasteiger partial charge < -0.3 is 20.1 Å². The smallest absolute Gasteiger partial charge is 0.255 e. The third-order valence-corrected chi connectivity index (χ3v) is 8.68. The van der Waals surface area contributed by atoms with E-state index < -0.39 is 0 Å². The third kappa shape index (κ3) is 5.46. The van der Waals surface area contributed by atoms with Crippen molar-refractivity contribution < 1.29 is 14.4 Å². The molecule has 5 rings (SSSR count). The molecule has 2 amide bonds. The van der Waals surface area contributed by atoms with Gasteiger partial charge in [0.1, 0.15) is 5.78 Å². The number of rotatable bonds is 7. The van der Waals surface area contributed by atoms with E-state index in [2.05, 4.69) is 34.3 Å². The molecule has 3 fully saturated rings. The average Bonchev–Trinajstić information content (AvgIpc) is 3.57. The highest BCUT2D eigenvalue weighted by Gasteiger charge is 2.43. The van der Waals surface area contributed by atoms with Crippen LogP contribution in [0.15, 0.2) is 41.2 Å². The van der Waals surface area contributed by atoms with Gasteiger partial charge in [-0.05, 0) is 49.1 Å². The minimum absolute atomic E-state index is 0.00261. The Morgan fingerprint density at radius 3 is 2.34 bits per heavy atom. The highest BCUT2D eigenvalue weighted by Crippen LogP contribution is 2.34. The first-order chi connectivity index (χ1) is 18.2. The van der Waals surface area contributed by atoms with E-state index in [0.29, 0.717) is 42.4 Å². The summed E-state index contributed by atoms with van der Waals surface area (Å²) in [6.45, 7) is 9.94. The molecule has 8 heteroatoms. The molecule has 3 aliphatic rings. The van der Waals surface area contributed by atoms with E-state index in [-0.39, 0.29) is 41.0 Å². The molecule has 1 aromatic carbocycles. The molecule has 2 saturated heterocycles. The van der Waals surface area contributed by atoms with Gasteiger partial charge in [0.05, 0.1) is 11.6 Å². The first kappa shape index (κ1) is 26.4. The molecule has 8 nitrogen and oxygen atoms in total. The zero-order valence-corrected chi connectivity index (χ0v) is 22.5. The molecule has 1 aliphatic carbocycles. The number of H-pyrrole nitrogens is 1. The number of amides is 2. The second-order valence-electron chi connectivity index (χ2n) is 11.6. The Balaban J connectivity index is 1.21. The van der Waals surface area contributed by atoms with Crippen molar-refractivity contribution in [3.8, 4) is 0 Å². The summed E-state index contributed by atoms with van der Waals surface area (Å²) in [5.74, 6) is 0.968. The van der Waals surface area contributed by atoms with Crippen LogP contribution in [0.5, 0.6) is 0 Å². The second-order valence-corrected chi connectivity index (χ2v) is 11.6. The van der Waals surface area contributed by atoms with Crippen molar-refractivity contribution in [3.63, 3.8) is 0 Å². The van der Waals surface area contributed by atoms with E-state index >= 15 is 0 Å². The van der Waals surface area contributed by atoms with E-state index in [9.17, 15) is 19.2 Å². The van der Waals surface area contributed by atoms with Crippen LogP contribution in [0, 0.1) is 37.5 Å². The fourth-order valence-electron chi connectivity index (χ4n) is 6.78. The van der Waals surface area contributed by atoms with Crippen molar-refractivity contribution in [3.05, 3.63) is 69.1 Å². The lowest BCUT2D eigenvalue weighted by Gasteiger charge is -2.31. The number of nitrogens with zero attached hydrogens (tertiary/aromatic N) is 2. The van der Waals surface area contributed by atoms with Gasteiger partial charge in [0.2, 0.25) is 11.5 Å². The SMILES string of the molecule is Cc1cc(=O)[nH]c(C)c1C(=O)N1CC2CN(CC(C)C(NC(=O)C3CCC(=O)C3)c3ccccc3)C[C@H]2C1. The molecule has 5 atom stereocenters. The number of Topliss-reactive ketones (excluding diaryl/α,β-unsaturated/α-hetero) is 1. The molecule has 2 aliphatic heterocycles. The summed E-state index contributed by atoms with van der Waals surface area (Å²) >= 11 is 0. The van der Waals surface area contributed by atoms with Crippen LogP contribution in [0.4, 0.5) is 0 Å². The largest absolute Gasteiger partial charge is 0.349 e. The number of aromatic nitrogens is 1. The van der Waals surface area contributed by atoms with E-state index in [4.69, 9.17) is 0 Å². The number of fused-ring (bicyclic) bond motifs is 1. The Morgan fingerprint density at radius 1 is 1.05 bits per heavy atom. The Morgan fingerprint density at radius 2 is 1.74 bits per heavy atom. The molecular weight excluding hydrogens is 480 g/mol. The van der Waals surface area contributed by atoms with Gasteiger partial charge in [0.15, 0.2) is 0 Å². The lowest BCUT2D eigenvalue weighted by molar-refractivity contribution is -0.127. The molecule has 0 bridgehead atoms. The van der Waals surface area contributed by atoms with Crippen LogP contribution in [0.2, 0.25) is 0 Å². The van der Waals surface area contributed by atoms with Crippen LogP contribution in [0.25, 0.3) is 0 Å². The quantitative estimate of drug-likeness (QED) is 0.587. The monoisotopic (exact) mass is 518 g/mol. The van der Waals surface area contributed by atoms with Gasteiger partial charge in [-0.1, -0.05) is 37.3 Å². The van der Waals surface area contributed by atoms with Gasteiger partial charge in [-0.3, -0.25) is 19.2 Å². The number of carbonyl (C=O) groups excluding carboxylic acids is 3. The average molecular weight is 519 g/mol. The molecule has 0 radical (unpaired) electrons. The number of benzene rings is 1. The van der Waals surface area contributed by atoms with Crippen LogP contribution in [0.3, 0.4) is 0 Å². The van der Waals surface area contributed by atoms with E-state index in [0.717, 1.165) is 43.9 Å². The summed E-state index contributed by atoms with van der Waals surface area (Å²) in [6.07, 6.45) is 1.50. The van der Waals surface area contributed by atoms with Gasteiger partial charge in [0.25, 0.3) is 5.91 Å². The normalized spacial score (nSPS) is 24.9. The second kappa shape index (κ2) is 10.8. The van der Waals surface area contributed by atoms with Crippen molar-refractivity contribution in [1.29, 1.82) is 0 Å². The summed E-state index contributed by atoms with van der Waals surface area (Å²) in [5.41, 5.74) is 2.87. The predicted octanol–water partition coefficient (Wildman–Crippen LogP) is 2.86. The van der Waals surface area contributed by atoms with Gasteiger partial charge in [-0.15, -0.1) is 0 Å². The number of carbonyl (C=O) groups is 3. The fourth-order valence-corrected chi connectivity index (χ4v) is 6.78. The molecule has 3 heterocycles. The van der Waals surface area contributed by atoms with Crippen LogP contribution < -0.4 is 10.9 Å². The van der Waals surface area contributed by atoms with Crippen molar-refractivity contribution in [1.82, 2.24) is 20.1 Å². The summed E-state index contributed by atoms with van der Waals surface area (Å²) in [7, 11) is 0. The predicted molar refractivity (Wildman–Crippen MR) is 145 cm³/mol. The number of aromatic amines is 1. The van der Waals surface area contributed by atoms with E-state index in [1.165, 1.54) is 6.07 Å². The van der Waals surface area contributed by atoms with Gasteiger partial charge in [-0.25, -0.2) is 0 Å². The fraction of sp³-hybridized carbons (Fsp3) is 0.533. The summed E-state index contributed by atoms with van der Waals surface area (Å²) in [5, 5.41) is 3.28. The highest BCUT2D eigenvalue weighted by molar-refractivity contribution is 5.96. The molecule has 1 aromatic heterocycles. The Hall–Kier alpha value is -3.26. The highest BCUT2D eigenvalue weighted by atomic mass is 16.2. The number of hydrogen-bond donors (Lipinski definition) is 2. The maximum Gasteiger partial charge on any atom is 0.255 e. The first-order valence-corrected chi connectivity index (χ1v) is 13.8.